The lowest BCUT2D eigenvalue weighted by Crippen LogP contribution is -2.37. The summed E-state index contributed by atoms with van der Waals surface area (Å²) in [5.74, 6) is 3.39. The molecule has 1 spiro atoms. The van der Waals surface area contributed by atoms with Gasteiger partial charge in [-0.2, -0.15) is 0 Å². The smallest absolute Gasteiger partial charge is 0.140 e. The van der Waals surface area contributed by atoms with Gasteiger partial charge in [0.1, 0.15) is 23.0 Å². The molecule has 1 atom stereocenters. The van der Waals surface area contributed by atoms with Gasteiger partial charge in [0.15, 0.2) is 0 Å². The molecule has 3 nitrogen and oxygen atoms in total. The number of rotatable bonds is 3. The van der Waals surface area contributed by atoms with E-state index >= 15 is 0 Å². The summed E-state index contributed by atoms with van der Waals surface area (Å²) in [7, 11) is 0. The predicted octanol–water partition coefficient (Wildman–Crippen LogP) is 12.7. The molecule has 1 unspecified atom stereocenters. The summed E-state index contributed by atoms with van der Waals surface area (Å²) in [4.78, 5) is 0. The van der Waals surface area contributed by atoms with Gasteiger partial charge in [-0.15, -0.1) is 0 Å². The molecule has 0 fully saturated rings. The second-order valence-electron chi connectivity index (χ2n) is 13.6. The average Bonchev–Trinajstić information content (AvgIpc) is 3.56. The van der Waals surface area contributed by atoms with E-state index in [0.29, 0.717) is 0 Å². The average molecular weight is 666 g/mol. The van der Waals surface area contributed by atoms with Crippen LogP contribution in [0.15, 0.2) is 188 Å². The lowest BCUT2D eigenvalue weighted by molar-refractivity contribution is 0.400. The Morgan fingerprint density at radius 1 is 0.385 bits per heavy atom. The van der Waals surface area contributed by atoms with Crippen molar-refractivity contribution in [1.82, 2.24) is 4.57 Å². The van der Waals surface area contributed by atoms with Crippen LogP contribution in [0.25, 0.3) is 49.7 Å². The van der Waals surface area contributed by atoms with Crippen molar-refractivity contribution in [2.75, 3.05) is 0 Å². The lowest BCUT2D eigenvalue weighted by atomic mass is 9.61. The van der Waals surface area contributed by atoms with Crippen molar-refractivity contribution < 1.29 is 9.47 Å². The summed E-state index contributed by atoms with van der Waals surface area (Å²) < 4.78 is 16.3. The number of ether oxygens (including phenoxy) is 2. The standard InChI is InChI=1S/C49H31NO2/c1-3-15-32(16-4-1)33-29-30-46-42(31-33)49(39-23-8-11-27-44(39)51-46)40-24-9-12-28-45(40)52-48-38(22-14-25-41(48)49)37-21-13-20-36-35-19-7-10-26-43(35)50(47(36)37)34-17-5-2-6-18-34/h1-31H. The van der Waals surface area contributed by atoms with Gasteiger partial charge in [0.2, 0.25) is 0 Å². The summed E-state index contributed by atoms with van der Waals surface area (Å²) in [5, 5.41) is 2.42. The zero-order valence-electron chi connectivity index (χ0n) is 28.2. The summed E-state index contributed by atoms with van der Waals surface area (Å²) in [5.41, 5.74) is 11.6. The quantitative estimate of drug-likeness (QED) is 0.187. The Bertz CT molecular complexity index is 2840. The Labute approximate surface area is 301 Å². The Morgan fingerprint density at radius 2 is 0.981 bits per heavy atom. The first-order chi connectivity index (χ1) is 25.8. The lowest BCUT2D eigenvalue weighted by Gasteiger charge is -2.45. The van der Waals surface area contributed by atoms with E-state index in [1.807, 2.05) is 0 Å². The van der Waals surface area contributed by atoms with Gasteiger partial charge in [-0.25, -0.2) is 0 Å². The molecule has 0 saturated heterocycles. The molecule has 8 aromatic carbocycles. The first kappa shape index (κ1) is 28.9. The summed E-state index contributed by atoms with van der Waals surface area (Å²) >= 11 is 0. The van der Waals surface area contributed by atoms with Crippen molar-refractivity contribution in [3.05, 3.63) is 210 Å². The molecule has 52 heavy (non-hydrogen) atoms. The van der Waals surface area contributed by atoms with Crippen molar-refractivity contribution in [3.8, 4) is 50.9 Å². The van der Waals surface area contributed by atoms with E-state index in [9.17, 15) is 0 Å². The molecule has 3 heterocycles. The molecule has 0 radical (unpaired) electrons. The first-order valence-electron chi connectivity index (χ1n) is 17.8. The fraction of sp³-hybridized carbons (Fsp3) is 0.0204. The SMILES string of the molecule is c1ccc(-c2ccc3c(c2)C2(c4ccccc4O3)c3ccccc3Oc3c(-c4cccc5c6ccccc6n(-c6ccccc6)c45)cccc32)cc1. The molecule has 244 valence electrons. The second-order valence-corrected chi connectivity index (χ2v) is 13.6. The molecule has 2 aliphatic heterocycles. The van der Waals surface area contributed by atoms with E-state index in [4.69, 9.17) is 9.47 Å². The molecule has 11 rings (SSSR count). The highest BCUT2D eigenvalue weighted by Gasteiger charge is 2.51. The minimum atomic E-state index is -0.713. The van der Waals surface area contributed by atoms with Crippen LogP contribution < -0.4 is 9.47 Å². The van der Waals surface area contributed by atoms with Gasteiger partial charge in [-0.3, -0.25) is 0 Å². The summed E-state index contributed by atoms with van der Waals surface area (Å²) in [6.07, 6.45) is 0. The normalized spacial score (nSPS) is 15.3. The van der Waals surface area contributed by atoms with Crippen LogP contribution in [0.2, 0.25) is 0 Å². The van der Waals surface area contributed by atoms with Gasteiger partial charge in [0, 0.05) is 49.8 Å². The van der Waals surface area contributed by atoms with Gasteiger partial charge in [-0.1, -0.05) is 146 Å². The molecule has 2 aliphatic rings. The number of para-hydroxylation sites is 6. The Morgan fingerprint density at radius 3 is 1.79 bits per heavy atom. The van der Waals surface area contributed by atoms with E-state index in [2.05, 4.69) is 193 Å². The molecule has 0 saturated carbocycles. The van der Waals surface area contributed by atoms with Crippen LogP contribution in [0.1, 0.15) is 22.3 Å². The van der Waals surface area contributed by atoms with Crippen molar-refractivity contribution in [2.24, 2.45) is 0 Å². The van der Waals surface area contributed by atoms with Gasteiger partial charge < -0.3 is 14.0 Å². The molecule has 0 aliphatic carbocycles. The maximum atomic E-state index is 7.15. The molecule has 0 N–H and O–H groups in total. The molecular weight excluding hydrogens is 635 g/mol. The number of benzene rings is 8. The molecule has 9 aromatic rings. The zero-order chi connectivity index (χ0) is 34.2. The van der Waals surface area contributed by atoms with E-state index in [0.717, 1.165) is 78.7 Å². The highest BCUT2D eigenvalue weighted by atomic mass is 16.5. The molecule has 0 bridgehead atoms. The minimum Gasteiger partial charge on any atom is -0.457 e. The van der Waals surface area contributed by atoms with Gasteiger partial charge in [0.05, 0.1) is 16.4 Å². The van der Waals surface area contributed by atoms with E-state index in [1.54, 1.807) is 0 Å². The minimum absolute atomic E-state index is 0.713. The predicted molar refractivity (Wildman–Crippen MR) is 210 cm³/mol. The van der Waals surface area contributed by atoms with Crippen LogP contribution in [0.3, 0.4) is 0 Å². The van der Waals surface area contributed by atoms with Crippen LogP contribution in [0, 0.1) is 0 Å². The van der Waals surface area contributed by atoms with Crippen LogP contribution in [0.4, 0.5) is 0 Å². The van der Waals surface area contributed by atoms with E-state index < -0.39 is 5.41 Å². The molecular formula is C49H31NO2. The second kappa shape index (κ2) is 11.1. The topological polar surface area (TPSA) is 23.4 Å². The summed E-state index contributed by atoms with van der Waals surface area (Å²) in [6, 6.07) is 66.9. The molecule has 3 heteroatoms. The van der Waals surface area contributed by atoms with Crippen molar-refractivity contribution in [1.29, 1.82) is 0 Å². The van der Waals surface area contributed by atoms with Crippen LogP contribution in [-0.2, 0) is 5.41 Å². The first-order valence-corrected chi connectivity index (χ1v) is 17.8. The van der Waals surface area contributed by atoms with Crippen LogP contribution in [0.5, 0.6) is 23.0 Å². The highest BCUT2D eigenvalue weighted by Crippen LogP contribution is 2.63. The highest BCUT2D eigenvalue weighted by molar-refractivity contribution is 6.14. The third-order valence-corrected chi connectivity index (χ3v) is 10.9. The fourth-order valence-corrected chi connectivity index (χ4v) is 8.79. The summed E-state index contributed by atoms with van der Waals surface area (Å²) in [6.45, 7) is 0. The third kappa shape index (κ3) is 3.96. The fourth-order valence-electron chi connectivity index (χ4n) is 8.79. The van der Waals surface area contributed by atoms with Crippen molar-refractivity contribution in [2.45, 2.75) is 5.41 Å². The monoisotopic (exact) mass is 665 g/mol. The maximum Gasteiger partial charge on any atom is 0.140 e. The number of fused-ring (bicyclic) bond motifs is 11. The Balaban J connectivity index is 1.26. The number of aromatic nitrogens is 1. The van der Waals surface area contributed by atoms with Gasteiger partial charge in [-0.05, 0) is 53.6 Å². The van der Waals surface area contributed by atoms with Gasteiger partial charge in [0.25, 0.3) is 0 Å². The number of hydrogen-bond acceptors (Lipinski definition) is 2. The number of hydrogen-bond donors (Lipinski definition) is 0. The maximum absolute atomic E-state index is 7.15. The zero-order valence-corrected chi connectivity index (χ0v) is 28.2. The van der Waals surface area contributed by atoms with Crippen molar-refractivity contribution in [3.63, 3.8) is 0 Å². The molecule has 0 amide bonds. The van der Waals surface area contributed by atoms with Crippen molar-refractivity contribution >= 4 is 21.8 Å². The van der Waals surface area contributed by atoms with Crippen LogP contribution in [-0.4, -0.2) is 4.57 Å². The van der Waals surface area contributed by atoms with Gasteiger partial charge >= 0.3 is 0 Å². The Hall–Kier alpha value is -6.84. The largest absolute Gasteiger partial charge is 0.457 e. The molecule has 1 aromatic heterocycles. The van der Waals surface area contributed by atoms with E-state index in [-0.39, 0.29) is 0 Å². The van der Waals surface area contributed by atoms with E-state index in [1.165, 1.54) is 16.3 Å². The van der Waals surface area contributed by atoms with Crippen LogP contribution >= 0.6 is 0 Å². The third-order valence-electron chi connectivity index (χ3n) is 10.9. The number of nitrogens with zero attached hydrogens (tertiary/aromatic N) is 1. The Kier molecular flexibility index (Phi) is 6.17.